The number of hydrogen-bond donors (Lipinski definition) is 1. The summed E-state index contributed by atoms with van der Waals surface area (Å²) in [6.07, 6.45) is 4.22. The predicted molar refractivity (Wildman–Crippen MR) is 40.5 cm³/mol. The van der Waals surface area contributed by atoms with Crippen LogP contribution < -0.4 is 5.32 Å². The van der Waals surface area contributed by atoms with E-state index >= 15 is 0 Å². The molecule has 0 amide bonds. The van der Waals surface area contributed by atoms with Gasteiger partial charge in [-0.15, -0.1) is 0 Å². The van der Waals surface area contributed by atoms with Crippen LogP contribution in [0.2, 0.25) is 0 Å². The summed E-state index contributed by atoms with van der Waals surface area (Å²) in [6, 6.07) is 0.838. The first kappa shape index (κ1) is 7.07. The lowest BCUT2D eigenvalue weighted by molar-refractivity contribution is 0.517. The molecule has 54 valence electrons. The summed E-state index contributed by atoms with van der Waals surface area (Å²) >= 11 is 0. The van der Waals surface area contributed by atoms with Gasteiger partial charge in [-0.25, -0.2) is 0 Å². The average Bonchev–Trinajstić information content (AvgIpc) is 2.17. The van der Waals surface area contributed by atoms with Crippen molar-refractivity contribution in [3.63, 3.8) is 0 Å². The molecule has 1 saturated carbocycles. The highest BCUT2D eigenvalue weighted by Gasteiger charge is 2.19. The van der Waals surface area contributed by atoms with Crippen LogP contribution in [0.15, 0.2) is 0 Å². The zero-order chi connectivity index (χ0) is 6.69. The third-order valence-corrected chi connectivity index (χ3v) is 2.19. The van der Waals surface area contributed by atoms with Crippen LogP contribution in [-0.2, 0) is 0 Å². The summed E-state index contributed by atoms with van der Waals surface area (Å²) in [5, 5.41) is 3.47. The van der Waals surface area contributed by atoms with E-state index in [1.54, 1.807) is 0 Å². The van der Waals surface area contributed by atoms with E-state index in [1.165, 1.54) is 19.3 Å². The van der Waals surface area contributed by atoms with Gasteiger partial charge in [-0.3, -0.25) is 0 Å². The Morgan fingerprint density at radius 3 is 2.67 bits per heavy atom. The van der Waals surface area contributed by atoms with Crippen molar-refractivity contribution in [1.29, 1.82) is 0 Å². The summed E-state index contributed by atoms with van der Waals surface area (Å²) in [5.74, 6) is 0.967. The normalized spacial score (nSPS) is 35.3. The summed E-state index contributed by atoms with van der Waals surface area (Å²) in [5.41, 5.74) is 0. The van der Waals surface area contributed by atoms with Crippen LogP contribution in [0.25, 0.3) is 0 Å². The largest absolute Gasteiger partial charge is 0.314 e. The first-order valence-electron chi connectivity index (χ1n) is 4.06. The fourth-order valence-corrected chi connectivity index (χ4v) is 1.68. The van der Waals surface area contributed by atoms with Gasteiger partial charge in [0.15, 0.2) is 0 Å². The third-order valence-electron chi connectivity index (χ3n) is 2.19. The Morgan fingerprint density at radius 2 is 2.22 bits per heavy atom. The van der Waals surface area contributed by atoms with Crippen LogP contribution in [0.4, 0.5) is 0 Å². The minimum Gasteiger partial charge on any atom is -0.314 e. The second-order valence-electron chi connectivity index (χ2n) is 3.17. The fraction of sp³-hybridized carbons (Fsp3) is 1.00. The van der Waals surface area contributed by atoms with Gasteiger partial charge >= 0.3 is 0 Å². The third kappa shape index (κ3) is 1.98. The second kappa shape index (κ2) is 3.21. The Balaban J connectivity index is 2.14. The zero-order valence-corrected chi connectivity index (χ0v) is 6.48. The Bertz CT molecular complexity index is 78.6. The van der Waals surface area contributed by atoms with Crippen molar-refractivity contribution in [2.75, 3.05) is 6.54 Å². The molecule has 1 heteroatoms. The molecule has 1 rings (SSSR count). The van der Waals surface area contributed by atoms with Gasteiger partial charge < -0.3 is 5.32 Å². The van der Waals surface area contributed by atoms with Crippen molar-refractivity contribution in [1.82, 2.24) is 5.32 Å². The highest BCUT2D eigenvalue weighted by Crippen LogP contribution is 2.24. The highest BCUT2D eigenvalue weighted by molar-refractivity contribution is 4.77. The van der Waals surface area contributed by atoms with Gasteiger partial charge in [0, 0.05) is 6.04 Å². The number of rotatable bonds is 2. The summed E-state index contributed by atoms with van der Waals surface area (Å²) in [6.45, 7) is 5.66. The van der Waals surface area contributed by atoms with Crippen molar-refractivity contribution in [2.24, 2.45) is 5.92 Å². The maximum absolute atomic E-state index is 3.47. The van der Waals surface area contributed by atoms with E-state index in [0.29, 0.717) is 0 Å². The molecule has 0 saturated heterocycles. The summed E-state index contributed by atoms with van der Waals surface area (Å²) < 4.78 is 0. The average molecular weight is 127 g/mol. The van der Waals surface area contributed by atoms with Crippen molar-refractivity contribution in [2.45, 2.75) is 39.2 Å². The van der Waals surface area contributed by atoms with Gasteiger partial charge in [0.05, 0.1) is 0 Å². The van der Waals surface area contributed by atoms with Crippen LogP contribution in [0.3, 0.4) is 0 Å². The number of nitrogens with one attached hydrogen (secondary N) is 1. The van der Waals surface area contributed by atoms with Crippen molar-refractivity contribution in [3.05, 3.63) is 0 Å². The molecule has 0 bridgehead atoms. The molecule has 0 spiro atoms. The molecular weight excluding hydrogens is 110 g/mol. The smallest absolute Gasteiger partial charge is 0.00695 e. The first-order chi connectivity index (χ1) is 4.33. The molecule has 9 heavy (non-hydrogen) atoms. The molecule has 1 fully saturated rings. The van der Waals surface area contributed by atoms with Gasteiger partial charge in [-0.1, -0.05) is 13.8 Å². The van der Waals surface area contributed by atoms with Crippen molar-refractivity contribution in [3.8, 4) is 0 Å². The molecule has 0 aromatic heterocycles. The van der Waals surface area contributed by atoms with Gasteiger partial charge in [-0.05, 0) is 31.7 Å². The van der Waals surface area contributed by atoms with Gasteiger partial charge in [0.25, 0.3) is 0 Å². The minimum absolute atomic E-state index is 0.838. The van der Waals surface area contributed by atoms with E-state index in [2.05, 4.69) is 19.2 Å². The molecule has 2 atom stereocenters. The molecular formula is C8H17N. The molecule has 1 aliphatic rings. The lowest BCUT2D eigenvalue weighted by Crippen LogP contribution is -2.25. The summed E-state index contributed by atoms with van der Waals surface area (Å²) in [7, 11) is 0. The Kier molecular flexibility index (Phi) is 2.52. The van der Waals surface area contributed by atoms with E-state index in [9.17, 15) is 0 Å². The quantitative estimate of drug-likeness (QED) is 0.596. The predicted octanol–water partition coefficient (Wildman–Crippen LogP) is 1.78. The molecule has 0 aromatic rings. The van der Waals surface area contributed by atoms with E-state index in [-0.39, 0.29) is 0 Å². The van der Waals surface area contributed by atoms with Gasteiger partial charge in [0.1, 0.15) is 0 Å². The number of hydrogen-bond acceptors (Lipinski definition) is 1. The molecule has 1 nitrogen and oxygen atoms in total. The van der Waals surface area contributed by atoms with E-state index < -0.39 is 0 Å². The minimum atomic E-state index is 0.838. The molecule has 1 aliphatic carbocycles. The molecule has 0 aliphatic heterocycles. The Morgan fingerprint density at radius 1 is 1.44 bits per heavy atom. The van der Waals surface area contributed by atoms with Crippen LogP contribution in [0.1, 0.15) is 33.1 Å². The fourth-order valence-electron chi connectivity index (χ4n) is 1.68. The molecule has 0 heterocycles. The SMILES string of the molecule is CCNC1CC[C@H](C)C1. The topological polar surface area (TPSA) is 12.0 Å². The Labute approximate surface area is 57.8 Å². The van der Waals surface area contributed by atoms with E-state index in [4.69, 9.17) is 0 Å². The lowest BCUT2D eigenvalue weighted by atomic mass is 10.1. The highest BCUT2D eigenvalue weighted by atomic mass is 14.9. The summed E-state index contributed by atoms with van der Waals surface area (Å²) in [4.78, 5) is 0. The van der Waals surface area contributed by atoms with E-state index in [0.717, 1.165) is 18.5 Å². The van der Waals surface area contributed by atoms with Gasteiger partial charge in [-0.2, -0.15) is 0 Å². The zero-order valence-electron chi connectivity index (χ0n) is 6.48. The maximum atomic E-state index is 3.47. The van der Waals surface area contributed by atoms with Crippen LogP contribution in [0.5, 0.6) is 0 Å². The van der Waals surface area contributed by atoms with Crippen molar-refractivity contribution >= 4 is 0 Å². The Hall–Kier alpha value is -0.0400. The molecule has 1 unspecified atom stereocenters. The molecule has 0 aromatic carbocycles. The lowest BCUT2D eigenvalue weighted by Gasteiger charge is -2.08. The monoisotopic (exact) mass is 127 g/mol. The maximum Gasteiger partial charge on any atom is 0.00695 e. The van der Waals surface area contributed by atoms with Crippen LogP contribution in [-0.4, -0.2) is 12.6 Å². The van der Waals surface area contributed by atoms with Crippen molar-refractivity contribution < 1.29 is 0 Å². The van der Waals surface area contributed by atoms with E-state index in [1.807, 2.05) is 0 Å². The first-order valence-corrected chi connectivity index (χ1v) is 4.06. The molecule has 0 radical (unpaired) electrons. The van der Waals surface area contributed by atoms with Crippen LogP contribution >= 0.6 is 0 Å². The second-order valence-corrected chi connectivity index (χ2v) is 3.17. The van der Waals surface area contributed by atoms with Gasteiger partial charge in [0.2, 0.25) is 0 Å². The standard InChI is InChI=1S/C8H17N/c1-3-9-8-5-4-7(2)6-8/h7-9H,3-6H2,1-2H3/t7-,8?/m0/s1. The van der Waals surface area contributed by atoms with Crippen LogP contribution in [0, 0.1) is 5.92 Å². The molecule has 1 N–H and O–H groups in total.